The quantitative estimate of drug-likeness (QED) is 0.244. The summed E-state index contributed by atoms with van der Waals surface area (Å²) in [5.74, 6) is -1.99. The molecule has 3 aromatic carbocycles. The van der Waals surface area contributed by atoms with Crippen LogP contribution in [-0.2, 0) is 20.9 Å². The number of aromatic nitrogens is 1. The highest BCUT2D eigenvalue weighted by Crippen LogP contribution is 2.54. The molecule has 0 spiro atoms. The Labute approximate surface area is 263 Å². The zero-order chi connectivity index (χ0) is 29.7. The van der Waals surface area contributed by atoms with Gasteiger partial charge in [-0.25, -0.2) is 4.90 Å². The summed E-state index contributed by atoms with van der Waals surface area (Å²) in [4.78, 5) is 55.6. The number of thiazole rings is 1. The second-order valence-corrected chi connectivity index (χ2v) is 13.0. The van der Waals surface area contributed by atoms with Gasteiger partial charge in [0, 0.05) is 21.5 Å². The molecule has 8 nitrogen and oxygen atoms in total. The van der Waals surface area contributed by atoms with Crippen molar-refractivity contribution in [3.05, 3.63) is 102 Å². The van der Waals surface area contributed by atoms with E-state index in [2.05, 4.69) is 5.32 Å². The van der Waals surface area contributed by atoms with E-state index in [0.29, 0.717) is 37.1 Å². The number of benzene rings is 3. The Kier molecular flexibility index (Phi) is 7.84. The highest BCUT2D eigenvalue weighted by molar-refractivity contribution is 8.00. The van der Waals surface area contributed by atoms with E-state index in [0.717, 1.165) is 28.7 Å². The number of methoxy groups -OCH3 is 1. The van der Waals surface area contributed by atoms with Crippen molar-refractivity contribution < 1.29 is 19.1 Å². The average molecular weight is 661 g/mol. The number of carbonyl (C=O) groups excluding carboxylic acids is 3. The van der Waals surface area contributed by atoms with E-state index >= 15 is 0 Å². The largest absolute Gasteiger partial charge is 0.497 e. The first-order chi connectivity index (χ1) is 20.2. The molecule has 0 aliphatic carbocycles. The molecule has 1 saturated heterocycles. The number of nitrogens with zero attached hydrogens (tertiary/aromatic N) is 2. The van der Waals surface area contributed by atoms with Gasteiger partial charge in [-0.15, -0.1) is 0 Å². The van der Waals surface area contributed by atoms with Gasteiger partial charge in [0.15, 0.2) is 0 Å². The van der Waals surface area contributed by atoms with E-state index in [9.17, 15) is 19.2 Å². The lowest BCUT2D eigenvalue weighted by molar-refractivity contribution is -0.122. The Morgan fingerprint density at radius 2 is 1.64 bits per heavy atom. The van der Waals surface area contributed by atoms with Crippen LogP contribution in [0.3, 0.4) is 0 Å². The standard InChI is InChI=1S/C29H20Cl3N3O5S2/c1-40-18-9-7-17(8-10-18)35-26(37)23-22(14-2-4-15(30)5-3-14)25-28(41-24(23)27(35)38)34(29(39)42-25)13-21(36)33-16-6-11-19(31)20(32)12-16/h2-12,22-24H,13H2,1H3,(H,33,36). The highest BCUT2D eigenvalue weighted by atomic mass is 35.5. The molecule has 1 fully saturated rings. The van der Waals surface area contributed by atoms with Crippen molar-refractivity contribution in [3.8, 4) is 5.75 Å². The topological polar surface area (TPSA) is 97.7 Å². The third-order valence-electron chi connectivity index (χ3n) is 7.11. The minimum atomic E-state index is -0.814. The number of nitrogens with one attached hydrogen (secondary N) is 1. The Balaban J connectivity index is 1.39. The van der Waals surface area contributed by atoms with E-state index in [1.54, 1.807) is 60.7 Å². The first-order valence-electron chi connectivity index (χ1n) is 12.6. The summed E-state index contributed by atoms with van der Waals surface area (Å²) in [7, 11) is 1.53. The molecule has 3 unspecified atom stereocenters. The summed E-state index contributed by atoms with van der Waals surface area (Å²) in [6.07, 6.45) is 0. The van der Waals surface area contributed by atoms with Gasteiger partial charge in [0.05, 0.1) is 33.8 Å². The molecule has 3 heterocycles. The molecule has 214 valence electrons. The van der Waals surface area contributed by atoms with Gasteiger partial charge in [-0.05, 0) is 60.2 Å². The number of hydrogen-bond donors (Lipinski definition) is 1. The van der Waals surface area contributed by atoms with Gasteiger partial charge in [0.1, 0.15) is 17.5 Å². The number of carbonyl (C=O) groups is 3. The molecule has 3 atom stereocenters. The number of hydrogen-bond acceptors (Lipinski definition) is 7. The second-order valence-electron chi connectivity index (χ2n) is 9.60. The second kappa shape index (κ2) is 11.4. The average Bonchev–Trinajstić information content (AvgIpc) is 3.41. The van der Waals surface area contributed by atoms with E-state index in [4.69, 9.17) is 39.5 Å². The van der Waals surface area contributed by atoms with E-state index in [1.807, 2.05) is 0 Å². The molecule has 4 aromatic rings. The Morgan fingerprint density at radius 1 is 0.929 bits per heavy atom. The summed E-state index contributed by atoms with van der Waals surface area (Å²) in [6, 6.07) is 18.4. The van der Waals surface area contributed by atoms with Crippen LogP contribution in [0.1, 0.15) is 16.4 Å². The highest BCUT2D eigenvalue weighted by Gasteiger charge is 2.56. The van der Waals surface area contributed by atoms with Gasteiger partial charge >= 0.3 is 4.87 Å². The number of rotatable bonds is 6. The molecular formula is C29H20Cl3N3O5S2. The number of amides is 3. The number of imide groups is 1. The molecular weight excluding hydrogens is 641 g/mol. The van der Waals surface area contributed by atoms with Crippen molar-refractivity contribution in [2.24, 2.45) is 5.92 Å². The Hall–Kier alpha value is -3.28. The molecule has 0 saturated carbocycles. The fourth-order valence-corrected chi connectivity index (χ4v) is 8.39. The van der Waals surface area contributed by atoms with Gasteiger partial charge in [0.25, 0.3) is 0 Å². The van der Waals surface area contributed by atoms with Crippen molar-refractivity contribution in [3.63, 3.8) is 0 Å². The van der Waals surface area contributed by atoms with E-state index in [1.165, 1.54) is 22.6 Å². The lowest BCUT2D eigenvalue weighted by Crippen LogP contribution is -2.33. The summed E-state index contributed by atoms with van der Waals surface area (Å²) in [5, 5.41) is 3.53. The molecule has 6 rings (SSSR count). The van der Waals surface area contributed by atoms with Crippen LogP contribution in [0.25, 0.3) is 0 Å². The first-order valence-corrected chi connectivity index (χ1v) is 15.4. The van der Waals surface area contributed by atoms with Gasteiger partial charge in [-0.3, -0.25) is 23.7 Å². The maximum Gasteiger partial charge on any atom is 0.308 e. The molecule has 1 N–H and O–H groups in total. The molecule has 42 heavy (non-hydrogen) atoms. The Bertz CT molecular complexity index is 1790. The minimum absolute atomic E-state index is 0.276. The van der Waals surface area contributed by atoms with E-state index in [-0.39, 0.29) is 22.3 Å². The molecule has 3 amide bonds. The fourth-order valence-electron chi connectivity index (χ4n) is 5.19. The number of anilines is 2. The van der Waals surface area contributed by atoms with Crippen LogP contribution in [-0.4, -0.2) is 34.6 Å². The van der Waals surface area contributed by atoms with Crippen LogP contribution in [0.4, 0.5) is 11.4 Å². The third-order valence-corrected chi connectivity index (χ3v) is 10.7. The maximum absolute atomic E-state index is 14.0. The summed E-state index contributed by atoms with van der Waals surface area (Å²) in [5.41, 5.74) is 1.59. The van der Waals surface area contributed by atoms with Gasteiger partial charge in [0.2, 0.25) is 17.7 Å². The van der Waals surface area contributed by atoms with Crippen LogP contribution in [0, 0.1) is 5.92 Å². The monoisotopic (exact) mass is 659 g/mol. The Morgan fingerprint density at radius 3 is 2.31 bits per heavy atom. The van der Waals surface area contributed by atoms with Crippen LogP contribution in [0.15, 0.2) is 76.6 Å². The SMILES string of the molecule is COc1ccc(N2C(=O)C3Sc4c(sc(=O)n4CC(=O)Nc4ccc(Cl)c(Cl)c4)C(c4ccc(Cl)cc4)C3C2=O)cc1. The van der Waals surface area contributed by atoms with Crippen molar-refractivity contribution in [1.82, 2.24) is 4.57 Å². The zero-order valence-corrected chi connectivity index (χ0v) is 25.6. The lowest BCUT2D eigenvalue weighted by Gasteiger charge is -2.30. The molecule has 1 aromatic heterocycles. The molecule has 13 heteroatoms. The summed E-state index contributed by atoms with van der Waals surface area (Å²) in [6.45, 7) is -0.299. The molecule has 0 bridgehead atoms. The summed E-state index contributed by atoms with van der Waals surface area (Å²) < 4.78 is 6.57. The maximum atomic E-state index is 14.0. The van der Waals surface area contributed by atoms with Crippen LogP contribution >= 0.6 is 57.9 Å². The third kappa shape index (κ3) is 5.11. The van der Waals surface area contributed by atoms with Crippen molar-refractivity contribution in [1.29, 1.82) is 0 Å². The normalized spacial score (nSPS) is 19.4. The fraction of sp³-hybridized carbons (Fsp3) is 0.172. The lowest BCUT2D eigenvalue weighted by atomic mass is 9.83. The zero-order valence-electron chi connectivity index (χ0n) is 21.7. The van der Waals surface area contributed by atoms with Crippen molar-refractivity contribution >= 4 is 87.0 Å². The van der Waals surface area contributed by atoms with Gasteiger partial charge in [-0.2, -0.15) is 0 Å². The summed E-state index contributed by atoms with van der Waals surface area (Å²) >= 11 is 20.3. The molecule has 2 aliphatic heterocycles. The number of fused-ring (bicyclic) bond motifs is 2. The predicted molar refractivity (Wildman–Crippen MR) is 166 cm³/mol. The van der Waals surface area contributed by atoms with Crippen LogP contribution in [0.5, 0.6) is 5.75 Å². The number of ether oxygens (including phenoxy) is 1. The number of thioether (sulfide) groups is 1. The number of halogens is 3. The van der Waals surface area contributed by atoms with Crippen LogP contribution < -0.4 is 19.8 Å². The van der Waals surface area contributed by atoms with Crippen molar-refractivity contribution in [2.45, 2.75) is 22.7 Å². The van der Waals surface area contributed by atoms with Crippen LogP contribution in [0.2, 0.25) is 15.1 Å². The van der Waals surface area contributed by atoms with E-state index < -0.39 is 28.9 Å². The van der Waals surface area contributed by atoms with Crippen molar-refractivity contribution in [2.75, 3.05) is 17.3 Å². The predicted octanol–water partition coefficient (Wildman–Crippen LogP) is 6.31. The molecule has 2 aliphatic rings. The smallest absolute Gasteiger partial charge is 0.308 e. The minimum Gasteiger partial charge on any atom is -0.497 e. The van der Waals surface area contributed by atoms with Gasteiger partial charge in [-0.1, -0.05) is 70.0 Å². The first kappa shape index (κ1) is 28.8. The molecule has 0 radical (unpaired) electrons. The van der Waals surface area contributed by atoms with Gasteiger partial charge < -0.3 is 10.1 Å².